The van der Waals surface area contributed by atoms with E-state index in [-0.39, 0.29) is 17.6 Å². The van der Waals surface area contributed by atoms with Gasteiger partial charge in [-0.05, 0) is 25.0 Å². The number of nitrogens with zero attached hydrogens (tertiary/aromatic N) is 4. The first kappa shape index (κ1) is 18.9. The molecule has 0 aliphatic carbocycles. The second-order valence-electron chi connectivity index (χ2n) is 7.20. The summed E-state index contributed by atoms with van der Waals surface area (Å²) in [5.41, 5.74) is -0.119. The van der Waals surface area contributed by atoms with Gasteiger partial charge in [0.1, 0.15) is 17.3 Å². The highest BCUT2D eigenvalue weighted by Crippen LogP contribution is 2.24. The van der Waals surface area contributed by atoms with Gasteiger partial charge in [0.05, 0.1) is 6.54 Å². The van der Waals surface area contributed by atoms with Gasteiger partial charge in [0.15, 0.2) is 5.82 Å². The summed E-state index contributed by atoms with van der Waals surface area (Å²) in [6.45, 7) is 0.931. The van der Waals surface area contributed by atoms with Crippen LogP contribution in [-0.2, 0) is 0 Å². The van der Waals surface area contributed by atoms with Crippen molar-refractivity contribution in [1.29, 1.82) is 0 Å². The maximum atomic E-state index is 13.0. The van der Waals surface area contributed by atoms with Crippen molar-refractivity contribution in [1.82, 2.24) is 14.9 Å². The van der Waals surface area contributed by atoms with Crippen molar-refractivity contribution in [2.75, 3.05) is 32.1 Å². The monoisotopic (exact) mass is 394 g/mol. The van der Waals surface area contributed by atoms with E-state index in [9.17, 15) is 9.59 Å². The topological polar surface area (TPSA) is 88.8 Å². The largest absolute Gasteiger partial charge is 0.470 e. The molecule has 1 saturated heterocycles. The zero-order valence-corrected chi connectivity index (χ0v) is 16.4. The Labute approximate surface area is 167 Å². The number of aromatic nitrogens is 2. The molecular formula is C21H22N4O4. The third-order valence-corrected chi connectivity index (χ3v) is 4.89. The second kappa shape index (κ2) is 7.90. The van der Waals surface area contributed by atoms with Gasteiger partial charge in [-0.3, -0.25) is 4.79 Å². The van der Waals surface area contributed by atoms with Crippen LogP contribution in [0.3, 0.4) is 0 Å². The van der Waals surface area contributed by atoms with Crippen LogP contribution in [0.2, 0.25) is 0 Å². The minimum atomic E-state index is -0.624. The third-order valence-electron chi connectivity index (χ3n) is 4.89. The molecule has 8 nitrogen and oxygen atoms in total. The molecule has 1 aliphatic heterocycles. The molecule has 1 aromatic carbocycles. The van der Waals surface area contributed by atoms with Crippen LogP contribution in [0.5, 0.6) is 5.88 Å². The number of rotatable bonds is 4. The number of carbonyl (C=O) groups excluding carboxylic acids is 1. The molecule has 0 bridgehead atoms. The lowest BCUT2D eigenvalue weighted by Crippen LogP contribution is -2.45. The van der Waals surface area contributed by atoms with E-state index in [1.807, 2.05) is 31.1 Å². The lowest BCUT2D eigenvalue weighted by Gasteiger charge is -2.32. The Hall–Kier alpha value is -3.42. The van der Waals surface area contributed by atoms with Crippen LogP contribution in [0, 0.1) is 0 Å². The van der Waals surface area contributed by atoms with Crippen molar-refractivity contribution in [2.45, 2.75) is 18.9 Å². The Morgan fingerprint density at radius 3 is 2.86 bits per heavy atom. The van der Waals surface area contributed by atoms with Crippen LogP contribution >= 0.6 is 0 Å². The second-order valence-corrected chi connectivity index (χ2v) is 7.20. The quantitative estimate of drug-likeness (QED) is 0.628. The predicted octanol–water partition coefficient (Wildman–Crippen LogP) is 2.33. The van der Waals surface area contributed by atoms with Crippen LogP contribution in [-0.4, -0.2) is 54.1 Å². The summed E-state index contributed by atoms with van der Waals surface area (Å²) < 4.78 is 11.4. The number of hydrogen-bond donors (Lipinski definition) is 0. The number of anilines is 1. The molecule has 8 heteroatoms. The summed E-state index contributed by atoms with van der Waals surface area (Å²) >= 11 is 0. The van der Waals surface area contributed by atoms with Crippen molar-refractivity contribution in [2.24, 2.45) is 0 Å². The average molecular weight is 394 g/mol. The minimum absolute atomic E-state index is 0.0397. The zero-order chi connectivity index (χ0) is 20.4. The number of piperidine rings is 1. The van der Waals surface area contributed by atoms with Crippen molar-refractivity contribution in [3.05, 3.63) is 58.7 Å². The lowest BCUT2D eigenvalue weighted by molar-refractivity contribution is 0.0524. The molecule has 1 fully saturated rings. The van der Waals surface area contributed by atoms with E-state index in [1.165, 1.54) is 0 Å². The Kier molecular flexibility index (Phi) is 5.16. The van der Waals surface area contributed by atoms with Gasteiger partial charge in [-0.15, -0.1) is 0 Å². The Morgan fingerprint density at radius 1 is 1.24 bits per heavy atom. The number of ether oxygens (including phenoxy) is 1. The Bertz CT molecular complexity index is 1100. The first-order valence-electron chi connectivity index (χ1n) is 9.50. The minimum Gasteiger partial charge on any atom is -0.470 e. The van der Waals surface area contributed by atoms with Gasteiger partial charge in [0.25, 0.3) is 11.8 Å². The standard InChI is InChI=1S/C21H22N4O4/c1-24(2)18-19(23-10-9-22-18)28-15-7-5-11-25(13-15)20(26)16-12-14-6-3-4-8-17(14)29-21(16)27/h3-4,6,8-10,12,15H,5,7,11,13H2,1-2H3. The fraction of sp³-hybridized carbons (Fsp3) is 0.333. The van der Waals surface area contributed by atoms with E-state index in [1.54, 1.807) is 35.5 Å². The van der Waals surface area contributed by atoms with Gasteiger partial charge >= 0.3 is 5.63 Å². The molecule has 1 atom stereocenters. The van der Waals surface area contributed by atoms with Crippen LogP contribution in [0.15, 0.2) is 51.9 Å². The number of fused-ring (bicyclic) bond motifs is 1. The van der Waals surface area contributed by atoms with E-state index < -0.39 is 5.63 Å². The summed E-state index contributed by atoms with van der Waals surface area (Å²) in [5.74, 6) is 0.720. The first-order chi connectivity index (χ1) is 14.0. The molecule has 0 radical (unpaired) electrons. The highest BCUT2D eigenvalue weighted by atomic mass is 16.5. The van der Waals surface area contributed by atoms with Crippen molar-refractivity contribution >= 4 is 22.7 Å². The SMILES string of the molecule is CN(C)c1nccnc1OC1CCCN(C(=O)c2cc3ccccc3oc2=O)C1. The van der Waals surface area contributed by atoms with Gasteiger partial charge in [0, 0.05) is 38.4 Å². The molecule has 1 aliphatic rings. The number of likely N-dealkylation sites (tertiary alicyclic amines) is 1. The van der Waals surface area contributed by atoms with Gasteiger partial charge in [-0.25, -0.2) is 14.8 Å². The number of carbonyl (C=O) groups is 1. The van der Waals surface area contributed by atoms with Crippen LogP contribution in [0.25, 0.3) is 11.0 Å². The summed E-state index contributed by atoms with van der Waals surface area (Å²) in [7, 11) is 3.74. The highest BCUT2D eigenvalue weighted by molar-refractivity contribution is 5.96. The van der Waals surface area contributed by atoms with Crippen molar-refractivity contribution < 1.29 is 13.9 Å². The third kappa shape index (κ3) is 3.91. The molecule has 3 heterocycles. The molecular weight excluding hydrogens is 372 g/mol. The van der Waals surface area contributed by atoms with Gasteiger partial charge in [0.2, 0.25) is 0 Å². The van der Waals surface area contributed by atoms with Crippen molar-refractivity contribution in [3.63, 3.8) is 0 Å². The fourth-order valence-electron chi connectivity index (χ4n) is 3.47. The molecule has 1 amide bonds. The maximum Gasteiger partial charge on any atom is 0.349 e. The number of hydrogen-bond acceptors (Lipinski definition) is 7. The first-order valence-corrected chi connectivity index (χ1v) is 9.50. The molecule has 29 heavy (non-hydrogen) atoms. The summed E-state index contributed by atoms with van der Waals surface area (Å²) in [5, 5.41) is 0.718. The van der Waals surface area contributed by atoms with Crippen LogP contribution in [0.1, 0.15) is 23.2 Å². The molecule has 0 N–H and O–H groups in total. The molecule has 3 aromatic rings. The normalized spacial score (nSPS) is 16.6. The number of amides is 1. The average Bonchev–Trinajstić information content (AvgIpc) is 2.73. The highest BCUT2D eigenvalue weighted by Gasteiger charge is 2.28. The van der Waals surface area contributed by atoms with Gasteiger partial charge in [-0.1, -0.05) is 18.2 Å². The van der Waals surface area contributed by atoms with Gasteiger partial charge < -0.3 is 19.0 Å². The Morgan fingerprint density at radius 2 is 2.03 bits per heavy atom. The zero-order valence-electron chi connectivity index (χ0n) is 16.4. The molecule has 0 spiro atoms. The van der Waals surface area contributed by atoms with E-state index in [0.717, 1.165) is 18.2 Å². The fourth-order valence-corrected chi connectivity index (χ4v) is 3.47. The van der Waals surface area contributed by atoms with Crippen LogP contribution in [0.4, 0.5) is 5.82 Å². The summed E-state index contributed by atoms with van der Waals surface area (Å²) in [6.07, 6.45) is 4.52. The summed E-state index contributed by atoms with van der Waals surface area (Å²) in [6, 6.07) is 8.74. The molecule has 1 unspecified atom stereocenters. The molecule has 4 rings (SSSR count). The van der Waals surface area contributed by atoms with E-state index in [0.29, 0.717) is 30.4 Å². The molecule has 150 valence electrons. The van der Waals surface area contributed by atoms with E-state index in [4.69, 9.17) is 9.15 Å². The predicted molar refractivity (Wildman–Crippen MR) is 108 cm³/mol. The number of benzene rings is 1. The van der Waals surface area contributed by atoms with Crippen LogP contribution < -0.4 is 15.3 Å². The molecule has 2 aromatic heterocycles. The molecule has 0 saturated carbocycles. The van der Waals surface area contributed by atoms with Crippen molar-refractivity contribution in [3.8, 4) is 5.88 Å². The summed E-state index contributed by atoms with van der Waals surface area (Å²) in [4.78, 5) is 37.4. The number of para-hydroxylation sites is 1. The lowest BCUT2D eigenvalue weighted by atomic mass is 10.1. The maximum absolute atomic E-state index is 13.0. The van der Waals surface area contributed by atoms with Gasteiger partial charge in [-0.2, -0.15) is 0 Å². The smallest absolute Gasteiger partial charge is 0.349 e. The van der Waals surface area contributed by atoms with E-state index >= 15 is 0 Å². The van der Waals surface area contributed by atoms with E-state index in [2.05, 4.69) is 9.97 Å². The Balaban J connectivity index is 1.54.